The fraction of sp³-hybridized carbons (Fsp3) is 0.444. The van der Waals surface area contributed by atoms with Gasteiger partial charge in [0.1, 0.15) is 11.5 Å². The molecule has 1 fully saturated rings. The molecule has 0 aliphatic carbocycles. The van der Waals surface area contributed by atoms with Gasteiger partial charge in [-0.05, 0) is 32.0 Å². The topological polar surface area (TPSA) is 44.9 Å². The van der Waals surface area contributed by atoms with Crippen LogP contribution in [0.2, 0.25) is 5.02 Å². The fourth-order valence-electron chi connectivity index (χ4n) is 2.90. The van der Waals surface area contributed by atoms with E-state index in [4.69, 9.17) is 16.1 Å². The van der Waals surface area contributed by atoms with Crippen LogP contribution in [-0.2, 0) is 6.42 Å². The molecule has 1 aliphatic rings. The number of hydrazone groups is 1. The van der Waals surface area contributed by atoms with Crippen molar-refractivity contribution in [3.05, 3.63) is 41.1 Å². The van der Waals surface area contributed by atoms with E-state index < -0.39 is 0 Å². The second-order valence-electron chi connectivity index (χ2n) is 5.96. The maximum absolute atomic E-state index is 5.91. The van der Waals surface area contributed by atoms with Crippen molar-refractivity contribution in [3.63, 3.8) is 0 Å². The number of rotatable bonds is 6. The maximum Gasteiger partial charge on any atom is 0.137 e. The van der Waals surface area contributed by atoms with Crippen molar-refractivity contribution in [2.45, 2.75) is 19.8 Å². The molecule has 0 saturated carbocycles. The molecule has 0 bridgehead atoms. The molecule has 2 heterocycles. The molecule has 6 heteroatoms. The van der Waals surface area contributed by atoms with Crippen LogP contribution in [0.3, 0.4) is 0 Å². The zero-order chi connectivity index (χ0) is 16.8. The van der Waals surface area contributed by atoms with Crippen molar-refractivity contribution >= 4 is 17.8 Å². The van der Waals surface area contributed by atoms with Crippen molar-refractivity contribution in [1.29, 1.82) is 0 Å². The normalized spacial score (nSPS) is 16.2. The highest BCUT2D eigenvalue weighted by Crippen LogP contribution is 2.21. The molecule has 0 atom stereocenters. The lowest BCUT2D eigenvalue weighted by Crippen LogP contribution is -2.44. The zero-order valence-corrected chi connectivity index (χ0v) is 14.7. The molecule has 0 spiro atoms. The van der Waals surface area contributed by atoms with Gasteiger partial charge in [-0.15, -0.1) is 0 Å². The van der Waals surface area contributed by atoms with Crippen molar-refractivity contribution in [3.8, 4) is 11.3 Å². The van der Waals surface area contributed by atoms with Crippen LogP contribution < -0.4 is 0 Å². The number of hydrogen-bond donors (Lipinski definition) is 0. The first-order chi connectivity index (χ1) is 11.7. The number of aromatic nitrogens is 1. The minimum atomic E-state index is 0.729. The first kappa shape index (κ1) is 17.0. The molecule has 0 unspecified atom stereocenters. The summed E-state index contributed by atoms with van der Waals surface area (Å²) in [5.74, 6) is 0.939. The van der Waals surface area contributed by atoms with Crippen molar-refractivity contribution in [2.75, 3.05) is 32.7 Å². The molecule has 0 N–H and O–H groups in total. The lowest BCUT2D eigenvalue weighted by Gasteiger charge is -2.32. The molecular weight excluding hydrogens is 324 g/mol. The van der Waals surface area contributed by atoms with E-state index in [1.807, 2.05) is 43.5 Å². The average Bonchev–Trinajstić information content (AvgIpc) is 3.06. The van der Waals surface area contributed by atoms with Gasteiger partial charge < -0.3 is 4.52 Å². The molecule has 3 rings (SSSR count). The van der Waals surface area contributed by atoms with Crippen LogP contribution in [0.25, 0.3) is 11.3 Å². The van der Waals surface area contributed by atoms with Crippen LogP contribution in [0.15, 0.2) is 40.0 Å². The molecule has 5 nitrogen and oxygen atoms in total. The maximum atomic E-state index is 5.91. The van der Waals surface area contributed by atoms with Gasteiger partial charge >= 0.3 is 0 Å². The Kier molecular flexibility index (Phi) is 5.88. The molecule has 2 aromatic rings. The van der Waals surface area contributed by atoms with Crippen LogP contribution >= 0.6 is 11.6 Å². The highest BCUT2D eigenvalue weighted by Gasteiger charge is 2.15. The second kappa shape index (κ2) is 8.31. The lowest BCUT2D eigenvalue weighted by molar-refractivity contribution is 0.135. The van der Waals surface area contributed by atoms with E-state index in [0.29, 0.717) is 0 Å². The third-order valence-corrected chi connectivity index (χ3v) is 4.48. The van der Waals surface area contributed by atoms with E-state index >= 15 is 0 Å². The van der Waals surface area contributed by atoms with Crippen LogP contribution in [0, 0.1) is 0 Å². The summed E-state index contributed by atoms with van der Waals surface area (Å²) in [7, 11) is 0. The van der Waals surface area contributed by atoms with Gasteiger partial charge in [0.15, 0.2) is 0 Å². The van der Waals surface area contributed by atoms with Crippen molar-refractivity contribution < 1.29 is 4.52 Å². The van der Waals surface area contributed by atoms with E-state index in [1.165, 1.54) is 0 Å². The van der Waals surface area contributed by atoms with Gasteiger partial charge in [0.25, 0.3) is 0 Å². The Hall–Kier alpha value is -1.85. The summed E-state index contributed by atoms with van der Waals surface area (Å²) in [4.78, 5) is 2.48. The van der Waals surface area contributed by atoms with Gasteiger partial charge in [-0.2, -0.15) is 5.10 Å². The molecule has 128 valence electrons. The summed E-state index contributed by atoms with van der Waals surface area (Å²) in [6, 6.07) is 9.68. The minimum Gasteiger partial charge on any atom is -0.361 e. The van der Waals surface area contributed by atoms with Gasteiger partial charge in [-0.1, -0.05) is 28.9 Å². The molecular formula is C18H23ClN4O. The number of piperazine rings is 1. The van der Waals surface area contributed by atoms with Crippen LogP contribution in [0.1, 0.15) is 19.1 Å². The van der Waals surface area contributed by atoms with Crippen molar-refractivity contribution in [2.24, 2.45) is 5.10 Å². The Morgan fingerprint density at radius 1 is 1.21 bits per heavy atom. The predicted octanol–water partition coefficient (Wildman–Crippen LogP) is 3.55. The predicted molar refractivity (Wildman–Crippen MR) is 97.4 cm³/mol. The lowest BCUT2D eigenvalue weighted by atomic mass is 10.1. The highest BCUT2D eigenvalue weighted by atomic mass is 35.5. The Bertz CT molecular complexity index is 660. The van der Waals surface area contributed by atoms with Crippen LogP contribution in [0.4, 0.5) is 0 Å². The number of hydrogen-bond acceptors (Lipinski definition) is 5. The summed E-state index contributed by atoms with van der Waals surface area (Å²) in [5, 5.41) is 11.3. The highest BCUT2D eigenvalue weighted by molar-refractivity contribution is 6.30. The smallest absolute Gasteiger partial charge is 0.137 e. The summed E-state index contributed by atoms with van der Waals surface area (Å²) in [6.07, 6.45) is 3.85. The standard InChI is InChI=1S/C18H23ClN4O/c1-2-20-23-12-10-22(11-13-23)9-3-4-17-14-18(21-24-17)15-5-7-16(19)8-6-15/h2,5-8,14H,3-4,9-13H2,1H3/b20-2+. The Balaban J connectivity index is 1.44. The number of benzene rings is 1. The van der Waals surface area contributed by atoms with E-state index in [9.17, 15) is 0 Å². The quantitative estimate of drug-likeness (QED) is 0.750. The average molecular weight is 347 g/mol. The largest absolute Gasteiger partial charge is 0.361 e. The molecule has 1 aromatic heterocycles. The monoisotopic (exact) mass is 346 g/mol. The summed E-state index contributed by atoms with van der Waals surface area (Å²) >= 11 is 5.91. The third-order valence-electron chi connectivity index (χ3n) is 4.22. The Labute approximate surface area is 147 Å². The van der Waals surface area contributed by atoms with Gasteiger partial charge in [-0.25, -0.2) is 0 Å². The van der Waals surface area contributed by atoms with E-state index in [1.54, 1.807) is 0 Å². The van der Waals surface area contributed by atoms with Gasteiger partial charge in [-0.3, -0.25) is 9.91 Å². The summed E-state index contributed by atoms with van der Waals surface area (Å²) < 4.78 is 5.46. The Morgan fingerprint density at radius 2 is 1.96 bits per heavy atom. The van der Waals surface area contributed by atoms with Gasteiger partial charge in [0, 0.05) is 55.5 Å². The number of nitrogens with zero attached hydrogens (tertiary/aromatic N) is 4. The molecule has 1 aromatic carbocycles. The second-order valence-corrected chi connectivity index (χ2v) is 6.39. The van der Waals surface area contributed by atoms with Crippen LogP contribution in [0.5, 0.6) is 0 Å². The first-order valence-corrected chi connectivity index (χ1v) is 8.80. The molecule has 1 aliphatic heterocycles. The third kappa shape index (κ3) is 4.58. The van der Waals surface area contributed by atoms with Crippen molar-refractivity contribution in [1.82, 2.24) is 15.1 Å². The van der Waals surface area contributed by atoms with Crippen LogP contribution in [-0.4, -0.2) is 54.0 Å². The number of aryl methyl sites for hydroxylation is 1. The van der Waals surface area contributed by atoms with Gasteiger partial charge in [0.05, 0.1) is 0 Å². The molecule has 24 heavy (non-hydrogen) atoms. The fourth-order valence-corrected chi connectivity index (χ4v) is 3.03. The van der Waals surface area contributed by atoms with E-state index in [-0.39, 0.29) is 0 Å². The first-order valence-electron chi connectivity index (χ1n) is 8.42. The molecule has 0 amide bonds. The summed E-state index contributed by atoms with van der Waals surface area (Å²) in [5.41, 5.74) is 1.90. The SMILES string of the molecule is C/C=N/N1CCN(CCCc2cc(-c3ccc(Cl)cc3)no2)CC1. The van der Waals surface area contributed by atoms with E-state index in [0.717, 1.165) is 67.6 Å². The zero-order valence-electron chi connectivity index (χ0n) is 14.0. The number of halogens is 1. The van der Waals surface area contributed by atoms with Gasteiger partial charge in [0.2, 0.25) is 0 Å². The van der Waals surface area contributed by atoms with E-state index in [2.05, 4.69) is 20.2 Å². The Morgan fingerprint density at radius 3 is 2.67 bits per heavy atom. The summed E-state index contributed by atoms with van der Waals surface area (Å²) in [6.45, 7) is 7.21. The minimum absolute atomic E-state index is 0.729. The molecule has 0 radical (unpaired) electrons. The molecule has 1 saturated heterocycles.